The van der Waals surface area contributed by atoms with Crippen LogP contribution < -0.4 is 0 Å². The Morgan fingerprint density at radius 3 is 2.42 bits per heavy atom. The van der Waals surface area contributed by atoms with Gasteiger partial charge >= 0.3 is 0 Å². The van der Waals surface area contributed by atoms with Crippen LogP contribution in [0.25, 0.3) is 0 Å². The molecule has 0 N–H and O–H groups in total. The molecule has 0 saturated carbocycles. The lowest BCUT2D eigenvalue weighted by atomic mass is 10.1. The van der Waals surface area contributed by atoms with Gasteiger partial charge in [-0.1, -0.05) is 41.9 Å². The largest absolute Gasteiger partial charge is 0.293 e. The van der Waals surface area contributed by atoms with Crippen molar-refractivity contribution in [3.05, 3.63) is 65.2 Å². The van der Waals surface area contributed by atoms with Crippen LogP contribution in [0.15, 0.2) is 59.5 Å². The van der Waals surface area contributed by atoms with Crippen molar-refractivity contribution in [2.75, 3.05) is 0 Å². The summed E-state index contributed by atoms with van der Waals surface area (Å²) in [6, 6.07) is 15.7. The van der Waals surface area contributed by atoms with Gasteiger partial charge in [-0.15, -0.1) is 0 Å². The van der Waals surface area contributed by atoms with E-state index < -0.39 is 16.0 Å². The monoisotopic (exact) mass is 292 g/mol. The van der Waals surface area contributed by atoms with Crippen LogP contribution in [-0.4, -0.2) is 15.2 Å². The molecule has 0 radical (unpaired) electrons. The van der Waals surface area contributed by atoms with Gasteiger partial charge in [-0.05, 0) is 31.2 Å². The Kier molecular flexibility index (Phi) is 4.51. The zero-order chi connectivity index (χ0) is 13.8. The van der Waals surface area contributed by atoms with Crippen molar-refractivity contribution in [2.24, 2.45) is 0 Å². The van der Waals surface area contributed by atoms with Gasteiger partial charge in [-0.3, -0.25) is 9.00 Å². The summed E-state index contributed by atoms with van der Waals surface area (Å²) in [6.07, 6.45) is 0. The Morgan fingerprint density at radius 2 is 1.79 bits per heavy atom. The molecule has 0 aliphatic heterocycles. The third-order valence-corrected chi connectivity index (χ3v) is 4.60. The van der Waals surface area contributed by atoms with E-state index in [1.807, 2.05) is 18.2 Å². The molecule has 0 bridgehead atoms. The molecule has 0 heterocycles. The molecule has 0 spiro atoms. The van der Waals surface area contributed by atoms with Crippen LogP contribution in [0.4, 0.5) is 0 Å². The van der Waals surface area contributed by atoms with Crippen LogP contribution in [0.5, 0.6) is 0 Å². The van der Waals surface area contributed by atoms with E-state index in [1.165, 1.54) is 0 Å². The molecule has 2 unspecified atom stereocenters. The molecule has 0 saturated heterocycles. The molecule has 4 heteroatoms. The fourth-order valence-electron chi connectivity index (χ4n) is 1.73. The highest BCUT2D eigenvalue weighted by atomic mass is 35.5. The number of ketones is 1. The van der Waals surface area contributed by atoms with Crippen molar-refractivity contribution in [3.8, 4) is 0 Å². The molecule has 0 fully saturated rings. The quantitative estimate of drug-likeness (QED) is 0.805. The summed E-state index contributed by atoms with van der Waals surface area (Å²) in [4.78, 5) is 12.9. The Labute approximate surface area is 119 Å². The van der Waals surface area contributed by atoms with Crippen molar-refractivity contribution in [2.45, 2.75) is 17.1 Å². The molecule has 0 aromatic heterocycles. The predicted molar refractivity (Wildman–Crippen MR) is 78.1 cm³/mol. The SMILES string of the molecule is CC(C(=O)c1cccc(Cl)c1)S(=O)c1ccccc1. The number of hydrogen-bond acceptors (Lipinski definition) is 2. The second-order valence-electron chi connectivity index (χ2n) is 4.13. The molecule has 2 aromatic rings. The fraction of sp³-hybridized carbons (Fsp3) is 0.133. The fourth-order valence-corrected chi connectivity index (χ4v) is 3.09. The Balaban J connectivity index is 2.23. The van der Waals surface area contributed by atoms with E-state index in [0.29, 0.717) is 15.5 Å². The van der Waals surface area contributed by atoms with Crippen LogP contribution in [0.1, 0.15) is 17.3 Å². The van der Waals surface area contributed by atoms with Gasteiger partial charge in [0.05, 0.1) is 16.0 Å². The minimum Gasteiger partial charge on any atom is -0.293 e. The van der Waals surface area contributed by atoms with Gasteiger partial charge in [0.25, 0.3) is 0 Å². The lowest BCUT2D eigenvalue weighted by molar-refractivity contribution is 0.0992. The number of benzene rings is 2. The van der Waals surface area contributed by atoms with Crippen molar-refractivity contribution in [1.29, 1.82) is 0 Å². The first-order valence-electron chi connectivity index (χ1n) is 5.85. The minimum absolute atomic E-state index is 0.162. The summed E-state index contributed by atoms with van der Waals surface area (Å²) in [5.74, 6) is -0.162. The number of rotatable bonds is 4. The van der Waals surface area contributed by atoms with Gasteiger partial charge in [0.1, 0.15) is 0 Å². The lowest BCUT2D eigenvalue weighted by Gasteiger charge is -2.10. The van der Waals surface area contributed by atoms with Crippen LogP contribution in [0, 0.1) is 0 Å². The van der Waals surface area contributed by atoms with Gasteiger partial charge in [0.2, 0.25) is 0 Å². The Hall–Kier alpha value is -1.45. The Morgan fingerprint density at radius 1 is 1.11 bits per heavy atom. The van der Waals surface area contributed by atoms with Crippen molar-refractivity contribution < 1.29 is 9.00 Å². The zero-order valence-corrected chi connectivity index (χ0v) is 11.9. The molecular weight excluding hydrogens is 280 g/mol. The van der Waals surface area contributed by atoms with Crippen LogP contribution in [-0.2, 0) is 10.8 Å². The third kappa shape index (κ3) is 3.31. The maximum absolute atomic E-state index is 12.3. The van der Waals surface area contributed by atoms with E-state index in [-0.39, 0.29) is 5.78 Å². The first-order valence-corrected chi connectivity index (χ1v) is 7.44. The summed E-state index contributed by atoms with van der Waals surface area (Å²) in [7, 11) is -1.36. The van der Waals surface area contributed by atoms with E-state index in [1.54, 1.807) is 43.3 Å². The molecule has 0 amide bonds. The third-order valence-electron chi connectivity index (χ3n) is 2.77. The second-order valence-corrected chi connectivity index (χ2v) is 6.34. The smallest absolute Gasteiger partial charge is 0.178 e. The first-order chi connectivity index (χ1) is 9.09. The van der Waals surface area contributed by atoms with Gasteiger partial charge < -0.3 is 0 Å². The molecular formula is C15H13ClO2S. The molecule has 2 nitrogen and oxygen atoms in total. The van der Waals surface area contributed by atoms with E-state index in [9.17, 15) is 9.00 Å². The molecule has 2 rings (SSSR count). The highest BCUT2D eigenvalue weighted by Gasteiger charge is 2.22. The molecule has 2 atom stereocenters. The highest BCUT2D eigenvalue weighted by Crippen LogP contribution is 2.17. The number of carbonyl (C=O) groups excluding carboxylic acids is 1. The molecule has 98 valence electrons. The topological polar surface area (TPSA) is 34.1 Å². The molecule has 0 aliphatic carbocycles. The summed E-state index contributed by atoms with van der Waals surface area (Å²) >= 11 is 5.86. The van der Waals surface area contributed by atoms with E-state index in [4.69, 9.17) is 11.6 Å². The maximum Gasteiger partial charge on any atom is 0.178 e. The van der Waals surface area contributed by atoms with Crippen LogP contribution in [0.3, 0.4) is 0 Å². The van der Waals surface area contributed by atoms with Crippen LogP contribution in [0.2, 0.25) is 5.02 Å². The number of hydrogen-bond donors (Lipinski definition) is 0. The number of Topliss-reactive ketones (excluding diaryl/α,β-unsaturated/α-hetero) is 1. The number of halogens is 1. The second kappa shape index (κ2) is 6.13. The van der Waals surface area contributed by atoms with Gasteiger partial charge in [-0.25, -0.2) is 0 Å². The Bertz CT molecular complexity index is 611. The van der Waals surface area contributed by atoms with Crippen molar-refractivity contribution in [1.82, 2.24) is 0 Å². The summed E-state index contributed by atoms with van der Waals surface area (Å²) in [5, 5.41) is -0.0931. The average Bonchev–Trinajstić information content (AvgIpc) is 2.46. The van der Waals surface area contributed by atoms with E-state index >= 15 is 0 Å². The normalized spacial score (nSPS) is 13.8. The van der Waals surface area contributed by atoms with Gasteiger partial charge in [0.15, 0.2) is 5.78 Å². The van der Waals surface area contributed by atoms with Crippen molar-refractivity contribution in [3.63, 3.8) is 0 Å². The predicted octanol–water partition coefficient (Wildman–Crippen LogP) is 3.72. The van der Waals surface area contributed by atoms with Crippen LogP contribution >= 0.6 is 11.6 Å². The number of carbonyl (C=O) groups is 1. The highest BCUT2D eigenvalue weighted by molar-refractivity contribution is 7.86. The van der Waals surface area contributed by atoms with E-state index in [0.717, 1.165) is 0 Å². The van der Waals surface area contributed by atoms with Crippen molar-refractivity contribution >= 4 is 28.2 Å². The summed E-state index contributed by atoms with van der Waals surface area (Å²) in [5.41, 5.74) is 0.490. The lowest BCUT2D eigenvalue weighted by Crippen LogP contribution is -2.22. The molecule has 2 aromatic carbocycles. The minimum atomic E-state index is -1.36. The average molecular weight is 293 g/mol. The first kappa shape index (κ1) is 14.0. The van der Waals surface area contributed by atoms with E-state index in [2.05, 4.69) is 0 Å². The maximum atomic E-state index is 12.3. The summed E-state index contributed by atoms with van der Waals surface area (Å²) in [6.45, 7) is 1.67. The standard InChI is InChI=1S/C15H13ClO2S/c1-11(19(18)14-8-3-2-4-9-14)15(17)12-6-5-7-13(16)10-12/h2-11H,1H3. The van der Waals surface area contributed by atoms with Gasteiger partial charge in [0, 0.05) is 15.5 Å². The summed E-state index contributed by atoms with van der Waals surface area (Å²) < 4.78 is 12.3. The molecule has 0 aliphatic rings. The molecule has 19 heavy (non-hydrogen) atoms. The zero-order valence-electron chi connectivity index (χ0n) is 10.4. The van der Waals surface area contributed by atoms with Gasteiger partial charge in [-0.2, -0.15) is 0 Å².